The highest BCUT2D eigenvalue weighted by Crippen LogP contribution is 1.95. The van der Waals surface area contributed by atoms with E-state index in [9.17, 15) is 9.59 Å². The number of methoxy groups -OCH3 is 1. The zero-order valence-electron chi connectivity index (χ0n) is 10.0. The molecule has 0 saturated carbocycles. The summed E-state index contributed by atoms with van der Waals surface area (Å²) in [6.45, 7) is 4.67. The minimum atomic E-state index is -0.424. The first-order chi connectivity index (χ1) is 7.61. The quantitative estimate of drug-likeness (QED) is 0.604. The largest absolute Gasteiger partial charge is 0.464 e. The molecular weight excluding hydrogens is 214 g/mol. The van der Waals surface area contributed by atoms with E-state index < -0.39 is 6.09 Å². The Balaban J connectivity index is 3.98. The second-order valence-electron chi connectivity index (χ2n) is 3.02. The maximum atomic E-state index is 11.4. The third-order valence-corrected chi connectivity index (χ3v) is 1.76. The average Bonchev–Trinajstić information content (AvgIpc) is 2.22. The fourth-order valence-electron chi connectivity index (χ4n) is 1.01. The van der Waals surface area contributed by atoms with Crippen molar-refractivity contribution in [1.29, 1.82) is 0 Å². The first-order valence-electron chi connectivity index (χ1n) is 5.15. The summed E-state index contributed by atoms with van der Waals surface area (Å²) >= 11 is 0. The summed E-state index contributed by atoms with van der Waals surface area (Å²) in [6, 6.07) is 0. The van der Waals surface area contributed by atoms with Gasteiger partial charge in [0.1, 0.15) is 6.61 Å². The average molecular weight is 233 g/mol. The number of esters is 1. The summed E-state index contributed by atoms with van der Waals surface area (Å²) in [6.07, 6.45) is -0.424. The van der Waals surface area contributed by atoms with Crippen LogP contribution in [0, 0.1) is 0 Å². The molecule has 0 aromatic carbocycles. The van der Waals surface area contributed by atoms with Crippen LogP contribution in [0.4, 0.5) is 4.79 Å². The number of carbonyl (C=O) groups excluding carboxylic acids is 2. The van der Waals surface area contributed by atoms with Crippen LogP contribution in [0.1, 0.15) is 13.8 Å². The Labute approximate surface area is 95.4 Å². The number of amides is 1. The lowest BCUT2D eigenvalue weighted by atomic mass is 10.5. The van der Waals surface area contributed by atoms with Crippen LogP contribution in [0.2, 0.25) is 0 Å². The second-order valence-corrected chi connectivity index (χ2v) is 3.02. The lowest BCUT2D eigenvalue weighted by Crippen LogP contribution is -2.37. The van der Waals surface area contributed by atoms with Gasteiger partial charge in [-0.1, -0.05) is 0 Å². The highest BCUT2D eigenvalue weighted by Gasteiger charge is 2.14. The maximum absolute atomic E-state index is 11.4. The highest BCUT2D eigenvalue weighted by atomic mass is 16.6. The van der Waals surface area contributed by atoms with Gasteiger partial charge in [-0.05, 0) is 6.92 Å². The Kier molecular flexibility index (Phi) is 8.24. The van der Waals surface area contributed by atoms with E-state index in [1.54, 1.807) is 14.0 Å². The van der Waals surface area contributed by atoms with Crippen LogP contribution in [0.15, 0.2) is 0 Å². The molecule has 0 N–H and O–H groups in total. The zero-order valence-corrected chi connectivity index (χ0v) is 10.0. The van der Waals surface area contributed by atoms with Gasteiger partial charge >= 0.3 is 12.1 Å². The van der Waals surface area contributed by atoms with Crippen LogP contribution in [0.3, 0.4) is 0 Å². The maximum Gasteiger partial charge on any atom is 0.409 e. The molecule has 0 aromatic rings. The van der Waals surface area contributed by atoms with Crippen molar-refractivity contribution >= 4 is 12.1 Å². The van der Waals surface area contributed by atoms with Crippen molar-refractivity contribution in [2.45, 2.75) is 13.8 Å². The monoisotopic (exact) mass is 233 g/mol. The molecule has 16 heavy (non-hydrogen) atoms. The summed E-state index contributed by atoms with van der Waals surface area (Å²) in [5, 5.41) is 0. The third kappa shape index (κ3) is 7.05. The van der Waals surface area contributed by atoms with Gasteiger partial charge in [-0.25, -0.2) is 4.79 Å². The Morgan fingerprint density at radius 1 is 1.12 bits per heavy atom. The molecule has 0 aromatic heterocycles. The number of hydrogen-bond donors (Lipinski definition) is 0. The summed E-state index contributed by atoms with van der Waals surface area (Å²) in [5.41, 5.74) is 0. The molecule has 0 radical (unpaired) electrons. The third-order valence-electron chi connectivity index (χ3n) is 1.76. The van der Waals surface area contributed by atoms with Gasteiger partial charge in [0.2, 0.25) is 0 Å². The molecule has 0 aliphatic heterocycles. The lowest BCUT2D eigenvalue weighted by molar-refractivity contribution is -0.141. The Morgan fingerprint density at radius 3 is 2.25 bits per heavy atom. The molecule has 0 aliphatic carbocycles. The number of rotatable bonds is 7. The van der Waals surface area contributed by atoms with Crippen LogP contribution in [-0.2, 0) is 19.0 Å². The van der Waals surface area contributed by atoms with Crippen LogP contribution in [-0.4, -0.2) is 57.0 Å². The van der Waals surface area contributed by atoms with E-state index in [1.807, 2.05) is 0 Å². The molecule has 0 heterocycles. The van der Waals surface area contributed by atoms with E-state index in [1.165, 1.54) is 11.8 Å². The standard InChI is InChI=1S/C10H19NO5/c1-4-15-10(13)11(5-7-14-3)6-8-16-9(2)12/h4-8H2,1-3H3. The molecule has 0 rings (SSSR count). The van der Waals surface area contributed by atoms with Crippen molar-refractivity contribution in [2.24, 2.45) is 0 Å². The van der Waals surface area contributed by atoms with Crippen molar-refractivity contribution in [3.05, 3.63) is 0 Å². The van der Waals surface area contributed by atoms with Crippen LogP contribution < -0.4 is 0 Å². The topological polar surface area (TPSA) is 65.1 Å². The van der Waals surface area contributed by atoms with Gasteiger partial charge in [-0.15, -0.1) is 0 Å². The normalized spacial score (nSPS) is 9.69. The first-order valence-corrected chi connectivity index (χ1v) is 5.15. The van der Waals surface area contributed by atoms with E-state index in [0.29, 0.717) is 26.3 Å². The van der Waals surface area contributed by atoms with Gasteiger partial charge in [0, 0.05) is 20.6 Å². The van der Waals surface area contributed by atoms with E-state index in [0.717, 1.165) is 0 Å². The van der Waals surface area contributed by atoms with Crippen LogP contribution in [0.5, 0.6) is 0 Å². The Bertz CT molecular complexity index is 219. The summed E-state index contributed by atoms with van der Waals surface area (Å²) in [4.78, 5) is 23.4. The predicted molar refractivity (Wildman–Crippen MR) is 57.1 cm³/mol. The fraction of sp³-hybridized carbons (Fsp3) is 0.800. The molecule has 0 fully saturated rings. The highest BCUT2D eigenvalue weighted by molar-refractivity contribution is 5.68. The predicted octanol–water partition coefficient (Wildman–Crippen LogP) is 0.654. The van der Waals surface area contributed by atoms with Gasteiger partial charge in [-0.3, -0.25) is 4.79 Å². The zero-order chi connectivity index (χ0) is 12.4. The molecule has 0 atom stereocenters. The second kappa shape index (κ2) is 8.96. The van der Waals surface area contributed by atoms with E-state index in [4.69, 9.17) is 14.2 Å². The van der Waals surface area contributed by atoms with Gasteiger partial charge in [0.15, 0.2) is 0 Å². The molecule has 0 saturated heterocycles. The van der Waals surface area contributed by atoms with Gasteiger partial charge < -0.3 is 19.1 Å². The van der Waals surface area contributed by atoms with Crippen molar-refractivity contribution in [3.8, 4) is 0 Å². The smallest absolute Gasteiger partial charge is 0.409 e. The Hall–Kier alpha value is -1.30. The van der Waals surface area contributed by atoms with Crippen molar-refractivity contribution in [2.75, 3.05) is 40.0 Å². The van der Waals surface area contributed by atoms with Gasteiger partial charge in [0.05, 0.1) is 19.8 Å². The molecule has 0 bridgehead atoms. The fourth-order valence-corrected chi connectivity index (χ4v) is 1.01. The molecule has 0 spiro atoms. The lowest BCUT2D eigenvalue weighted by Gasteiger charge is -2.20. The number of nitrogens with zero attached hydrogens (tertiary/aromatic N) is 1. The summed E-state index contributed by atoms with van der Waals surface area (Å²) in [5.74, 6) is -0.365. The van der Waals surface area contributed by atoms with Crippen molar-refractivity contribution < 1.29 is 23.8 Å². The van der Waals surface area contributed by atoms with E-state index in [-0.39, 0.29) is 12.6 Å². The molecule has 94 valence electrons. The molecule has 6 heteroatoms. The molecular formula is C10H19NO5. The van der Waals surface area contributed by atoms with E-state index in [2.05, 4.69) is 0 Å². The molecule has 0 aliphatic rings. The molecule has 1 amide bonds. The minimum Gasteiger partial charge on any atom is -0.464 e. The van der Waals surface area contributed by atoms with Crippen molar-refractivity contribution in [1.82, 2.24) is 4.90 Å². The molecule has 0 unspecified atom stereocenters. The Morgan fingerprint density at radius 2 is 1.75 bits per heavy atom. The molecule has 6 nitrogen and oxygen atoms in total. The van der Waals surface area contributed by atoms with E-state index >= 15 is 0 Å². The minimum absolute atomic E-state index is 0.165. The number of carbonyl (C=O) groups is 2. The number of hydrogen-bond acceptors (Lipinski definition) is 5. The summed E-state index contributed by atoms with van der Waals surface area (Å²) in [7, 11) is 1.55. The van der Waals surface area contributed by atoms with Crippen LogP contribution in [0.25, 0.3) is 0 Å². The first kappa shape index (κ1) is 14.7. The van der Waals surface area contributed by atoms with Gasteiger partial charge in [0.25, 0.3) is 0 Å². The SMILES string of the molecule is CCOC(=O)N(CCOC)CCOC(C)=O. The van der Waals surface area contributed by atoms with Crippen LogP contribution >= 0.6 is 0 Å². The number of ether oxygens (including phenoxy) is 3. The van der Waals surface area contributed by atoms with Crippen molar-refractivity contribution in [3.63, 3.8) is 0 Å². The van der Waals surface area contributed by atoms with Gasteiger partial charge in [-0.2, -0.15) is 0 Å². The summed E-state index contributed by atoms with van der Waals surface area (Å²) < 4.78 is 14.5.